The molecule has 0 aliphatic heterocycles. The summed E-state index contributed by atoms with van der Waals surface area (Å²) in [5, 5.41) is 12.4. The molecule has 0 amide bonds. The molecule has 0 aromatic carbocycles. The van der Waals surface area contributed by atoms with E-state index in [1.165, 1.54) is 19.3 Å². The first-order valence-electron chi connectivity index (χ1n) is 7.56. The van der Waals surface area contributed by atoms with E-state index in [9.17, 15) is 0 Å². The fourth-order valence-electron chi connectivity index (χ4n) is 2.00. The summed E-state index contributed by atoms with van der Waals surface area (Å²) in [6, 6.07) is 3.01. The van der Waals surface area contributed by atoms with Crippen molar-refractivity contribution in [2.75, 3.05) is 19.6 Å². The van der Waals surface area contributed by atoms with E-state index in [4.69, 9.17) is 5.26 Å². The predicted octanol–water partition coefficient (Wildman–Crippen LogP) is 3.17. The van der Waals surface area contributed by atoms with Gasteiger partial charge in [-0.05, 0) is 45.7 Å². The van der Waals surface area contributed by atoms with Gasteiger partial charge in [-0.25, -0.2) is 0 Å². The lowest BCUT2D eigenvalue weighted by atomic mass is 10.1. The molecule has 0 aromatic rings. The van der Waals surface area contributed by atoms with Crippen LogP contribution in [0.2, 0.25) is 0 Å². The number of nitrogens with zero attached hydrogens (tertiary/aromatic N) is 2. The van der Waals surface area contributed by atoms with E-state index >= 15 is 0 Å². The third-order valence-electron chi connectivity index (χ3n) is 3.51. The van der Waals surface area contributed by atoms with E-state index in [0.717, 1.165) is 32.5 Å². The second kappa shape index (κ2) is 11.5. The zero-order valence-electron chi connectivity index (χ0n) is 12.7. The standard InChI is InChI=1S/C15H31N3/c1-5-8-11-18(14(4)7-3)12-9-15(13-16)17-10-6-2/h14-15,17H,5-12H2,1-4H3. The van der Waals surface area contributed by atoms with Crippen LogP contribution in [0.15, 0.2) is 0 Å². The van der Waals surface area contributed by atoms with Crippen LogP contribution >= 0.6 is 0 Å². The summed E-state index contributed by atoms with van der Waals surface area (Å²) in [5.74, 6) is 0. The average molecular weight is 253 g/mol. The van der Waals surface area contributed by atoms with Gasteiger partial charge in [0.15, 0.2) is 0 Å². The van der Waals surface area contributed by atoms with Gasteiger partial charge in [0, 0.05) is 12.6 Å². The number of hydrogen-bond donors (Lipinski definition) is 1. The molecule has 0 aromatic heterocycles. The Bertz CT molecular complexity index is 222. The van der Waals surface area contributed by atoms with Crippen LogP contribution in [-0.4, -0.2) is 36.6 Å². The molecule has 0 spiro atoms. The number of hydrogen-bond acceptors (Lipinski definition) is 3. The van der Waals surface area contributed by atoms with Crippen LogP contribution in [0, 0.1) is 11.3 Å². The zero-order valence-corrected chi connectivity index (χ0v) is 12.7. The molecule has 0 aliphatic carbocycles. The Kier molecular flexibility index (Phi) is 11.1. The Hall–Kier alpha value is -0.590. The summed E-state index contributed by atoms with van der Waals surface area (Å²) in [7, 11) is 0. The van der Waals surface area contributed by atoms with Crippen molar-refractivity contribution in [3.05, 3.63) is 0 Å². The molecule has 2 unspecified atom stereocenters. The highest BCUT2D eigenvalue weighted by molar-refractivity contribution is 4.90. The summed E-state index contributed by atoms with van der Waals surface area (Å²) in [4.78, 5) is 2.53. The number of nitrogens with one attached hydrogen (secondary N) is 1. The smallest absolute Gasteiger partial charge is 0.0965 e. The fourth-order valence-corrected chi connectivity index (χ4v) is 2.00. The van der Waals surface area contributed by atoms with E-state index in [1.807, 2.05) is 0 Å². The van der Waals surface area contributed by atoms with Gasteiger partial charge in [-0.2, -0.15) is 5.26 Å². The van der Waals surface area contributed by atoms with Crippen molar-refractivity contribution in [3.63, 3.8) is 0 Å². The maximum Gasteiger partial charge on any atom is 0.0965 e. The SMILES string of the molecule is CCCCN(CCC(C#N)NCCC)C(C)CC. The van der Waals surface area contributed by atoms with Crippen LogP contribution in [0.3, 0.4) is 0 Å². The molecule has 0 radical (unpaired) electrons. The molecule has 0 rings (SSSR count). The normalized spacial score (nSPS) is 14.4. The minimum atomic E-state index is 0.0122. The number of nitriles is 1. The fraction of sp³-hybridized carbons (Fsp3) is 0.933. The van der Waals surface area contributed by atoms with Crippen LogP contribution in [0.1, 0.15) is 59.8 Å². The van der Waals surface area contributed by atoms with Crippen molar-refractivity contribution in [3.8, 4) is 6.07 Å². The summed E-state index contributed by atoms with van der Waals surface area (Å²) < 4.78 is 0. The van der Waals surface area contributed by atoms with Crippen molar-refractivity contribution in [1.29, 1.82) is 5.26 Å². The van der Waals surface area contributed by atoms with Gasteiger partial charge in [-0.15, -0.1) is 0 Å². The first kappa shape index (κ1) is 17.4. The van der Waals surface area contributed by atoms with Crippen LogP contribution < -0.4 is 5.32 Å². The highest BCUT2D eigenvalue weighted by Gasteiger charge is 2.14. The lowest BCUT2D eigenvalue weighted by molar-refractivity contribution is 0.194. The van der Waals surface area contributed by atoms with Crippen LogP contribution in [0.4, 0.5) is 0 Å². The van der Waals surface area contributed by atoms with E-state index in [-0.39, 0.29) is 6.04 Å². The molecule has 106 valence electrons. The first-order chi connectivity index (χ1) is 8.69. The van der Waals surface area contributed by atoms with Crippen molar-refractivity contribution in [2.24, 2.45) is 0 Å². The average Bonchev–Trinajstić information content (AvgIpc) is 2.41. The predicted molar refractivity (Wildman–Crippen MR) is 78.5 cm³/mol. The third-order valence-corrected chi connectivity index (χ3v) is 3.51. The molecule has 18 heavy (non-hydrogen) atoms. The topological polar surface area (TPSA) is 39.1 Å². The van der Waals surface area contributed by atoms with E-state index in [0.29, 0.717) is 6.04 Å². The van der Waals surface area contributed by atoms with E-state index < -0.39 is 0 Å². The van der Waals surface area contributed by atoms with Crippen LogP contribution in [0.5, 0.6) is 0 Å². The maximum atomic E-state index is 9.11. The summed E-state index contributed by atoms with van der Waals surface area (Å²) in [6.45, 7) is 12.0. The summed E-state index contributed by atoms with van der Waals surface area (Å²) in [5.41, 5.74) is 0. The summed E-state index contributed by atoms with van der Waals surface area (Å²) in [6.07, 6.45) is 5.70. The molecular weight excluding hydrogens is 222 g/mol. The van der Waals surface area contributed by atoms with E-state index in [1.54, 1.807) is 0 Å². The molecule has 2 atom stereocenters. The monoisotopic (exact) mass is 253 g/mol. The molecule has 3 nitrogen and oxygen atoms in total. The Balaban J connectivity index is 4.09. The largest absolute Gasteiger partial charge is 0.302 e. The molecule has 0 fully saturated rings. The van der Waals surface area contributed by atoms with Gasteiger partial charge in [-0.1, -0.05) is 27.2 Å². The van der Waals surface area contributed by atoms with Crippen LogP contribution in [0.25, 0.3) is 0 Å². The van der Waals surface area contributed by atoms with Crippen molar-refractivity contribution < 1.29 is 0 Å². The number of unbranched alkanes of at least 4 members (excludes halogenated alkanes) is 1. The zero-order chi connectivity index (χ0) is 13.8. The van der Waals surface area contributed by atoms with Crippen molar-refractivity contribution in [2.45, 2.75) is 71.9 Å². The maximum absolute atomic E-state index is 9.11. The molecular formula is C15H31N3. The molecule has 0 heterocycles. The highest BCUT2D eigenvalue weighted by Crippen LogP contribution is 2.07. The van der Waals surface area contributed by atoms with Crippen molar-refractivity contribution in [1.82, 2.24) is 10.2 Å². The molecule has 0 bridgehead atoms. The van der Waals surface area contributed by atoms with Gasteiger partial charge in [0.2, 0.25) is 0 Å². The molecule has 1 N–H and O–H groups in total. The molecule has 3 heteroatoms. The summed E-state index contributed by atoms with van der Waals surface area (Å²) >= 11 is 0. The number of rotatable bonds is 11. The Labute approximate surface area is 114 Å². The Morgan fingerprint density at radius 2 is 1.89 bits per heavy atom. The second-order valence-corrected chi connectivity index (χ2v) is 5.07. The van der Waals surface area contributed by atoms with Gasteiger partial charge in [0.05, 0.1) is 12.1 Å². The van der Waals surface area contributed by atoms with Crippen molar-refractivity contribution >= 4 is 0 Å². The van der Waals surface area contributed by atoms with Gasteiger partial charge in [-0.3, -0.25) is 0 Å². The van der Waals surface area contributed by atoms with Gasteiger partial charge in [0.1, 0.15) is 0 Å². The van der Waals surface area contributed by atoms with E-state index in [2.05, 4.69) is 44.0 Å². The Morgan fingerprint density at radius 1 is 1.17 bits per heavy atom. The minimum Gasteiger partial charge on any atom is -0.302 e. The quantitative estimate of drug-likeness (QED) is 0.615. The van der Waals surface area contributed by atoms with Crippen LogP contribution in [-0.2, 0) is 0 Å². The van der Waals surface area contributed by atoms with Gasteiger partial charge in [0.25, 0.3) is 0 Å². The third kappa shape index (κ3) is 7.68. The molecule has 0 saturated heterocycles. The van der Waals surface area contributed by atoms with Gasteiger partial charge < -0.3 is 10.2 Å². The first-order valence-corrected chi connectivity index (χ1v) is 7.56. The Morgan fingerprint density at radius 3 is 2.39 bits per heavy atom. The lowest BCUT2D eigenvalue weighted by Crippen LogP contribution is -2.38. The highest BCUT2D eigenvalue weighted by atomic mass is 15.1. The molecule has 0 saturated carbocycles. The minimum absolute atomic E-state index is 0.0122. The second-order valence-electron chi connectivity index (χ2n) is 5.07. The lowest BCUT2D eigenvalue weighted by Gasteiger charge is -2.29. The van der Waals surface area contributed by atoms with Gasteiger partial charge >= 0.3 is 0 Å². The molecule has 0 aliphatic rings.